The summed E-state index contributed by atoms with van der Waals surface area (Å²) in [7, 11) is -3.40. The highest BCUT2D eigenvalue weighted by Gasteiger charge is 2.18. The normalized spacial score (nSPS) is 10.9. The van der Waals surface area contributed by atoms with Crippen LogP contribution in [0.1, 0.15) is 18.1 Å². The van der Waals surface area contributed by atoms with Gasteiger partial charge in [-0.3, -0.25) is 0 Å². The molecule has 2 heterocycles. The second-order valence-electron chi connectivity index (χ2n) is 7.27. The van der Waals surface area contributed by atoms with Gasteiger partial charge in [0.1, 0.15) is 34.6 Å². The number of nitrogen functional groups attached to an aromatic ring is 3. The quantitative estimate of drug-likeness (QED) is 0.398. The van der Waals surface area contributed by atoms with Crippen molar-refractivity contribution in [3.05, 3.63) is 65.5 Å². The van der Waals surface area contributed by atoms with E-state index in [1.165, 1.54) is 12.3 Å². The first-order chi connectivity index (χ1) is 16.1. The summed E-state index contributed by atoms with van der Waals surface area (Å²) in [5.41, 5.74) is 18.0. The molecule has 0 fully saturated rings. The second kappa shape index (κ2) is 9.68. The third-order valence-corrected chi connectivity index (χ3v) is 6.05. The third kappa shape index (κ3) is 5.02. The Morgan fingerprint density at radius 3 is 2.24 bits per heavy atom. The zero-order valence-electron chi connectivity index (χ0n) is 18.4. The van der Waals surface area contributed by atoms with Crippen molar-refractivity contribution in [2.45, 2.75) is 18.2 Å². The van der Waals surface area contributed by atoms with E-state index in [0.717, 1.165) is 5.56 Å². The summed E-state index contributed by atoms with van der Waals surface area (Å²) in [4.78, 5) is 11.8. The molecule has 174 valence electrons. The Morgan fingerprint density at radius 1 is 1.00 bits per heavy atom. The number of hydrogen-bond acceptors (Lipinski definition) is 9. The fourth-order valence-electron chi connectivity index (χ4n) is 3.32. The lowest BCUT2D eigenvalue weighted by molar-refractivity contribution is 0.602. The van der Waals surface area contributed by atoms with Crippen molar-refractivity contribution in [2.24, 2.45) is 0 Å². The predicted molar refractivity (Wildman–Crippen MR) is 130 cm³/mol. The highest BCUT2D eigenvalue weighted by Crippen LogP contribution is 2.31. The summed E-state index contributed by atoms with van der Waals surface area (Å²) in [6, 6.07) is 15.1. The van der Waals surface area contributed by atoms with Crippen molar-refractivity contribution in [1.82, 2.24) is 15.0 Å². The van der Waals surface area contributed by atoms with Crippen molar-refractivity contribution < 1.29 is 12.8 Å². The molecule has 0 radical (unpaired) electrons. The first kappa shape index (κ1) is 24.3. The van der Waals surface area contributed by atoms with Gasteiger partial charge >= 0.3 is 0 Å². The van der Waals surface area contributed by atoms with Crippen LogP contribution in [0.2, 0.25) is 0 Å². The SMILES string of the molecule is CCc1cc2cccc(F)c2nc1-c1ccccc1S(C)(=O)=O.N#Cc1c(N)nc(N)nc1N. The van der Waals surface area contributed by atoms with Gasteiger partial charge in [0, 0.05) is 17.2 Å². The van der Waals surface area contributed by atoms with E-state index in [2.05, 4.69) is 15.0 Å². The third-order valence-electron chi connectivity index (χ3n) is 4.89. The van der Waals surface area contributed by atoms with Crippen LogP contribution in [0.15, 0.2) is 53.4 Å². The molecule has 0 aliphatic rings. The van der Waals surface area contributed by atoms with Crippen molar-refractivity contribution >= 4 is 38.3 Å². The minimum atomic E-state index is -3.40. The van der Waals surface area contributed by atoms with Crippen LogP contribution in [0.3, 0.4) is 0 Å². The Bertz CT molecular complexity index is 1510. The highest BCUT2D eigenvalue weighted by molar-refractivity contribution is 7.90. The minimum Gasteiger partial charge on any atom is -0.382 e. The van der Waals surface area contributed by atoms with Crippen LogP contribution in [-0.4, -0.2) is 29.6 Å². The fraction of sp³-hybridized carbons (Fsp3) is 0.130. The van der Waals surface area contributed by atoms with Gasteiger partial charge in [-0.15, -0.1) is 0 Å². The van der Waals surface area contributed by atoms with E-state index < -0.39 is 15.7 Å². The number of anilines is 3. The van der Waals surface area contributed by atoms with Crippen LogP contribution >= 0.6 is 0 Å². The molecule has 0 aliphatic carbocycles. The van der Waals surface area contributed by atoms with Crippen LogP contribution < -0.4 is 17.2 Å². The molecule has 0 amide bonds. The monoisotopic (exact) mass is 479 g/mol. The molecule has 2 aromatic carbocycles. The molecule has 4 aromatic rings. The van der Waals surface area contributed by atoms with Crippen LogP contribution in [0.5, 0.6) is 0 Å². The maximum absolute atomic E-state index is 14.1. The molecule has 0 atom stereocenters. The number of nitrogens with zero attached hydrogens (tertiary/aromatic N) is 4. The largest absolute Gasteiger partial charge is 0.382 e. The number of aromatic nitrogens is 3. The molecule has 0 bridgehead atoms. The van der Waals surface area contributed by atoms with Crippen LogP contribution in [0, 0.1) is 17.1 Å². The first-order valence-corrected chi connectivity index (χ1v) is 11.9. The number of halogens is 1. The lowest BCUT2D eigenvalue weighted by Crippen LogP contribution is -2.06. The Balaban J connectivity index is 0.000000248. The number of aryl methyl sites for hydroxylation is 1. The van der Waals surface area contributed by atoms with E-state index in [1.807, 2.05) is 13.0 Å². The van der Waals surface area contributed by atoms with Gasteiger partial charge < -0.3 is 17.2 Å². The number of nitrogens with two attached hydrogens (primary N) is 3. The number of hydrogen-bond donors (Lipinski definition) is 3. The topological polar surface area (TPSA) is 175 Å². The fourth-order valence-corrected chi connectivity index (χ4v) is 4.21. The lowest BCUT2D eigenvalue weighted by Gasteiger charge is -2.13. The average molecular weight is 480 g/mol. The maximum Gasteiger partial charge on any atom is 0.224 e. The average Bonchev–Trinajstić information content (AvgIpc) is 2.78. The molecule has 2 aromatic heterocycles. The molecular formula is C23H22FN7O2S. The summed E-state index contributed by atoms with van der Waals surface area (Å²) < 4.78 is 38.2. The molecule has 0 saturated heterocycles. The first-order valence-electron chi connectivity index (χ1n) is 10.0. The van der Waals surface area contributed by atoms with Crippen LogP contribution in [-0.2, 0) is 16.3 Å². The molecule has 0 spiro atoms. The van der Waals surface area contributed by atoms with Gasteiger partial charge in [-0.25, -0.2) is 17.8 Å². The lowest BCUT2D eigenvalue weighted by atomic mass is 10.0. The Labute approximate surface area is 196 Å². The number of para-hydroxylation sites is 1. The van der Waals surface area contributed by atoms with Crippen molar-refractivity contribution in [3.8, 4) is 17.3 Å². The number of fused-ring (bicyclic) bond motifs is 1. The number of sulfone groups is 1. The Hall–Kier alpha value is -4.30. The van der Waals surface area contributed by atoms with Gasteiger partial charge in [-0.05, 0) is 30.2 Å². The van der Waals surface area contributed by atoms with Crippen molar-refractivity contribution in [3.63, 3.8) is 0 Å². The summed E-state index contributed by atoms with van der Waals surface area (Å²) in [6.45, 7) is 1.97. The van der Waals surface area contributed by atoms with E-state index >= 15 is 0 Å². The number of benzene rings is 2. The molecule has 4 rings (SSSR count). The molecule has 0 unspecified atom stereocenters. The molecule has 6 N–H and O–H groups in total. The van der Waals surface area contributed by atoms with Gasteiger partial charge in [-0.2, -0.15) is 15.2 Å². The Kier molecular flexibility index (Phi) is 6.93. The summed E-state index contributed by atoms with van der Waals surface area (Å²) in [5.74, 6) is -0.419. The van der Waals surface area contributed by atoms with Crippen molar-refractivity contribution in [1.29, 1.82) is 5.26 Å². The maximum atomic E-state index is 14.1. The smallest absolute Gasteiger partial charge is 0.224 e. The zero-order valence-corrected chi connectivity index (χ0v) is 19.3. The number of nitriles is 1. The number of pyridine rings is 1. The van der Waals surface area contributed by atoms with E-state index in [1.54, 1.807) is 42.5 Å². The molecular weight excluding hydrogens is 457 g/mol. The van der Waals surface area contributed by atoms with Crippen LogP contribution in [0.4, 0.5) is 22.0 Å². The Morgan fingerprint density at radius 2 is 1.65 bits per heavy atom. The second-order valence-corrected chi connectivity index (χ2v) is 9.25. The minimum absolute atomic E-state index is 0.0116. The van der Waals surface area contributed by atoms with Gasteiger partial charge in [0.15, 0.2) is 9.84 Å². The van der Waals surface area contributed by atoms with Crippen molar-refractivity contribution in [2.75, 3.05) is 23.5 Å². The van der Waals surface area contributed by atoms with E-state index in [9.17, 15) is 12.8 Å². The van der Waals surface area contributed by atoms with E-state index in [-0.39, 0.29) is 33.6 Å². The summed E-state index contributed by atoms with van der Waals surface area (Å²) in [5, 5.41) is 9.17. The summed E-state index contributed by atoms with van der Waals surface area (Å²) in [6.07, 6.45) is 1.84. The van der Waals surface area contributed by atoms with Gasteiger partial charge in [0.05, 0.1) is 10.6 Å². The number of rotatable bonds is 3. The van der Waals surface area contributed by atoms with Gasteiger partial charge in [0.2, 0.25) is 5.95 Å². The zero-order chi connectivity index (χ0) is 25.0. The van der Waals surface area contributed by atoms with E-state index in [0.29, 0.717) is 23.1 Å². The molecule has 9 nitrogen and oxygen atoms in total. The predicted octanol–water partition coefficient (Wildman–Crippen LogP) is 3.10. The summed E-state index contributed by atoms with van der Waals surface area (Å²) >= 11 is 0. The highest BCUT2D eigenvalue weighted by atomic mass is 32.2. The molecule has 34 heavy (non-hydrogen) atoms. The van der Waals surface area contributed by atoms with E-state index in [4.69, 9.17) is 22.5 Å². The molecule has 0 saturated carbocycles. The standard InChI is InChI=1S/C18H16FNO2S.C5H6N6/c1-3-12-11-13-7-6-9-15(19)18(13)20-17(12)14-8-4-5-10-16(14)23(2,21)22;6-1-2-3(7)10-5(9)11-4(2)8/h4-11H,3H2,1-2H3;(H6,7,8,9,10,11). The molecule has 11 heteroatoms. The molecule has 0 aliphatic heterocycles. The van der Waals surface area contributed by atoms with Gasteiger partial charge in [0.25, 0.3) is 0 Å². The van der Waals surface area contributed by atoms with Crippen LogP contribution in [0.25, 0.3) is 22.2 Å². The van der Waals surface area contributed by atoms with Gasteiger partial charge in [-0.1, -0.05) is 37.3 Å².